The van der Waals surface area contributed by atoms with Crippen LogP contribution in [0.2, 0.25) is 10.0 Å². The van der Waals surface area contributed by atoms with E-state index in [2.05, 4.69) is 31.4 Å². The van der Waals surface area contributed by atoms with E-state index in [1.807, 2.05) is 35.8 Å². The molecule has 0 unspecified atom stereocenters. The fourth-order valence-corrected chi connectivity index (χ4v) is 3.88. The molecule has 152 valence electrons. The van der Waals surface area contributed by atoms with E-state index in [9.17, 15) is 4.79 Å². The van der Waals surface area contributed by atoms with Crippen LogP contribution in [0, 0.1) is 0 Å². The molecule has 1 aromatic heterocycles. The van der Waals surface area contributed by atoms with Gasteiger partial charge in [0.1, 0.15) is 12.4 Å². The second kappa shape index (κ2) is 10.3. The summed E-state index contributed by atoms with van der Waals surface area (Å²) in [6.45, 7) is 2.94. The van der Waals surface area contributed by atoms with Crippen LogP contribution >= 0.6 is 50.9 Å². The zero-order chi connectivity index (χ0) is 20.8. The van der Waals surface area contributed by atoms with Crippen molar-refractivity contribution in [3.8, 4) is 5.75 Å². The Kier molecular flexibility index (Phi) is 7.83. The van der Waals surface area contributed by atoms with E-state index in [1.54, 1.807) is 18.2 Å². The molecule has 0 aliphatic rings. The Bertz CT molecular complexity index is 998. The fourth-order valence-electron chi connectivity index (χ4n) is 2.45. The summed E-state index contributed by atoms with van der Waals surface area (Å²) in [5.41, 5.74) is 0.477. The van der Waals surface area contributed by atoms with E-state index in [1.165, 1.54) is 11.8 Å². The Morgan fingerprint density at radius 1 is 1.21 bits per heavy atom. The topological polar surface area (TPSA) is 69.0 Å². The summed E-state index contributed by atoms with van der Waals surface area (Å²) < 4.78 is 8.68. The molecule has 0 radical (unpaired) electrons. The van der Waals surface area contributed by atoms with Crippen molar-refractivity contribution in [2.75, 3.05) is 11.1 Å². The molecule has 0 atom stereocenters. The number of halogens is 3. The number of ether oxygens (including phenoxy) is 1. The van der Waals surface area contributed by atoms with Crippen molar-refractivity contribution in [3.63, 3.8) is 0 Å². The molecule has 29 heavy (non-hydrogen) atoms. The van der Waals surface area contributed by atoms with Crippen LogP contribution in [0.25, 0.3) is 0 Å². The maximum absolute atomic E-state index is 12.3. The summed E-state index contributed by atoms with van der Waals surface area (Å²) in [5, 5.41) is 12.5. The van der Waals surface area contributed by atoms with Crippen molar-refractivity contribution in [2.24, 2.45) is 0 Å². The molecule has 10 heteroatoms. The van der Waals surface area contributed by atoms with E-state index in [0.29, 0.717) is 33.3 Å². The number of anilines is 1. The molecule has 6 nitrogen and oxygen atoms in total. The molecule has 0 aliphatic carbocycles. The molecule has 1 amide bonds. The SMILES string of the molecule is CCn1c(COc2ccc(Br)cc2)nnc1SCC(=O)Nc1cccc(Cl)c1Cl. The summed E-state index contributed by atoms with van der Waals surface area (Å²) in [6.07, 6.45) is 0. The van der Waals surface area contributed by atoms with Crippen LogP contribution in [0.15, 0.2) is 52.1 Å². The number of nitrogens with one attached hydrogen (secondary N) is 1. The lowest BCUT2D eigenvalue weighted by atomic mass is 10.3. The van der Waals surface area contributed by atoms with Crippen molar-refractivity contribution in [1.29, 1.82) is 0 Å². The Labute approximate surface area is 191 Å². The molecule has 0 spiro atoms. The lowest BCUT2D eigenvalue weighted by molar-refractivity contribution is -0.113. The number of aromatic nitrogens is 3. The Hall–Kier alpha value is -1.74. The summed E-state index contributed by atoms with van der Waals surface area (Å²) in [4.78, 5) is 12.3. The first-order valence-corrected chi connectivity index (χ1v) is 11.2. The summed E-state index contributed by atoms with van der Waals surface area (Å²) >= 11 is 16.8. The van der Waals surface area contributed by atoms with E-state index in [4.69, 9.17) is 27.9 Å². The minimum Gasteiger partial charge on any atom is -0.486 e. The molecule has 2 aromatic carbocycles. The molecule has 0 saturated carbocycles. The monoisotopic (exact) mass is 514 g/mol. The third kappa shape index (κ3) is 5.88. The first-order chi connectivity index (χ1) is 14.0. The average Bonchev–Trinajstić information content (AvgIpc) is 3.11. The van der Waals surface area contributed by atoms with Gasteiger partial charge in [0.05, 0.1) is 21.5 Å². The van der Waals surface area contributed by atoms with E-state index >= 15 is 0 Å². The van der Waals surface area contributed by atoms with Gasteiger partial charge in [-0.2, -0.15) is 0 Å². The quantitative estimate of drug-likeness (QED) is 0.391. The smallest absolute Gasteiger partial charge is 0.234 e. The number of amides is 1. The van der Waals surface area contributed by atoms with E-state index < -0.39 is 0 Å². The zero-order valence-electron chi connectivity index (χ0n) is 15.4. The average molecular weight is 516 g/mol. The second-order valence-electron chi connectivity index (χ2n) is 5.82. The van der Waals surface area contributed by atoms with Gasteiger partial charge in [-0.1, -0.05) is 57.0 Å². The van der Waals surface area contributed by atoms with Gasteiger partial charge in [0.25, 0.3) is 0 Å². The Morgan fingerprint density at radius 3 is 2.69 bits per heavy atom. The molecule has 0 aliphatic heterocycles. The zero-order valence-corrected chi connectivity index (χ0v) is 19.3. The Balaban J connectivity index is 1.58. The highest BCUT2D eigenvalue weighted by Gasteiger charge is 2.15. The molecule has 0 bridgehead atoms. The maximum atomic E-state index is 12.3. The van der Waals surface area contributed by atoms with Gasteiger partial charge in [0.2, 0.25) is 5.91 Å². The van der Waals surface area contributed by atoms with Crippen LogP contribution in [0.5, 0.6) is 5.75 Å². The van der Waals surface area contributed by atoms with Gasteiger partial charge in [-0.25, -0.2) is 0 Å². The molecule has 1 N–H and O–H groups in total. The number of nitrogens with zero attached hydrogens (tertiary/aromatic N) is 3. The predicted octanol–water partition coefficient (Wildman–Crippen LogP) is 5.68. The maximum Gasteiger partial charge on any atom is 0.234 e. The normalized spacial score (nSPS) is 10.8. The number of carbonyl (C=O) groups excluding carboxylic acids is 1. The van der Waals surface area contributed by atoms with Crippen LogP contribution in [0.4, 0.5) is 5.69 Å². The van der Waals surface area contributed by atoms with Gasteiger partial charge in [-0.05, 0) is 43.3 Å². The van der Waals surface area contributed by atoms with Crippen LogP contribution in [-0.2, 0) is 17.9 Å². The first-order valence-electron chi connectivity index (χ1n) is 8.65. The van der Waals surface area contributed by atoms with Crippen molar-refractivity contribution in [2.45, 2.75) is 25.2 Å². The lowest BCUT2D eigenvalue weighted by Gasteiger charge is -2.10. The second-order valence-corrected chi connectivity index (χ2v) is 8.47. The molecule has 3 aromatic rings. The summed E-state index contributed by atoms with van der Waals surface area (Å²) in [5.74, 6) is 1.38. The third-order valence-corrected chi connectivity index (χ3v) is 6.16. The largest absolute Gasteiger partial charge is 0.486 e. The number of carbonyl (C=O) groups is 1. The van der Waals surface area contributed by atoms with Crippen molar-refractivity contribution < 1.29 is 9.53 Å². The van der Waals surface area contributed by atoms with Gasteiger partial charge in [0.15, 0.2) is 11.0 Å². The first kappa shape index (κ1) is 22.0. The molecule has 0 fully saturated rings. The number of hydrogen-bond acceptors (Lipinski definition) is 5. The molecule has 3 rings (SSSR count). The highest BCUT2D eigenvalue weighted by atomic mass is 79.9. The van der Waals surface area contributed by atoms with Crippen molar-refractivity contribution in [1.82, 2.24) is 14.8 Å². The molecular formula is C19H17BrCl2N4O2S. The molecule has 0 saturated heterocycles. The minimum absolute atomic E-state index is 0.161. The van der Waals surface area contributed by atoms with Gasteiger partial charge >= 0.3 is 0 Å². The van der Waals surface area contributed by atoms with Crippen LogP contribution < -0.4 is 10.1 Å². The van der Waals surface area contributed by atoms with Crippen LogP contribution in [0.1, 0.15) is 12.7 Å². The number of benzene rings is 2. The highest BCUT2D eigenvalue weighted by Crippen LogP contribution is 2.29. The van der Waals surface area contributed by atoms with Gasteiger partial charge in [0, 0.05) is 11.0 Å². The van der Waals surface area contributed by atoms with Crippen molar-refractivity contribution >= 4 is 62.5 Å². The van der Waals surface area contributed by atoms with Crippen LogP contribution in [0.3, 0.4) is 0 Å². The fraction of sp³-hybridized carbons (Fsp3) is 0.211. The predicted molar refractivity (Wildman–Crippen MR) is 120 cm³/mol. The summed E-state index contributed by atoms with van der Waals surface area (Å²) in [7, 11) is 0. The number of rotatable bonds is 8. The van der Waals surface area contributed by atoms with Gasteiger partial charge in [-0.3, -0.25) is 4.79 Å². The van der Waals surface area contributed by atoms with Gasteiger partial charge in [-0.15, -0.1) is 10.2 Å². The third-order valence-electron chi connectivity index (χ3n) is 3.85. The lowest BCUT2D eigenvalue weighted by Crippen LogP contribution is -2.15. The summed E-state index contributed by atoms with van der Waals surface area (Å²) in [6, 6.07) is 12.6. The number of hydrogen-bond donors (Lipinski definition) is 1. The van der Waals surface area contributed by atoms with Gasteiger partial charge < -0.3 is 14.6 Å². The van der Waals surface area contributed by atoms with E-state index in [-0.39, 0.29) is 18.3 Å². The highest BCUT2D eigenvalue weighted by molar-refractivity contribution is 9.10. The number of thioether (sulfide) groups is 1. The van der Waals surface area contributed by atoms with E-state index in [0.717, 1.165) is 10.2 Å². The molecular weight excluding hydrogens is 499 g/mol. The molecule has 1 heterocycles. The van der Waals surface area contributed by atoms with Crippen molar-refractivity contribution in [3.05, 3.63) is 62.8 Å². The van der Waals surface area contributed by atoms with Crippen LogP contribution in [-0.4, -0.2) is 26.4 Å². The minimum atomic E-state index is -0.211. The Morgan fingerprint density at radius 2 is 1.97 bits per heavy atom. The standard InChI is InChI=1S/C19H17BrCl2N4O2S/c1-2-26-16(10-28-13-8-6-12(20)7-9-13)24-25-19(26)29-11-17(27)23-15-5-3-4-14(21)18(15)22/h3-9H,2,10-11H2,1H3,(H,23,27).